The summed E-state index contributed by atoms with van der Waals surface area (Å²) < 4.78 is 5.42. The molecule has 1 fully saturated rings. The number of aliphatic hydroxyl groups is 1. The van der Waals surface area contributed by atoms with E-state index in [4.69, 9.17) is 4.42 Å². The first-order chi connectivity index (χ1) is 16.4. The zero-order valence-electron chi connectivity index (χ0n) is 18.0. The van der Waals surface area contributed by atoms with Crippen molar-refractivity contribution in [1.29, 1.82) is 0 Å². The highest BCUT2D eigenvalue weighted by Gasteiger charge is 2.47. The fourth-order valence-electron chi connectivity index (χ4n) is 4.49. The Bertz CT molecular complexity index is 1480. The Kier molecular flexibility index (Phi) is 5.01. The van der Waals surface area contributed by atoms with Gasteiger partial charge in [-0.25, -0.2) is 0 Å². The summed E-state index contributed by atoms with van der Waals surface area (Å²) in [6.45, 7) is 1.84. The summed E-state index contributed by atoms with van der Waals surface area (Å²) in [5.74, 6) is -1.67. The Hall–Kier alpha value is -4.66. The molecule has 0 spiro atoms. The minimum Gasteiger partial charge on any atom is -0.507 e. The summed E-state index contributed by atoms with van der Waals surface area (Å²) in [6, 6.07) is 15.2. The number of Topliss-reactive ketones (excluding diaryl/α,β-unsaturated/α-hetero) is 1. The number of furan rings is 1. The van der Waals surface area contributed by atoms with Crippen molar-refractivity contribution in [2.75, 3.05) is 0 Å². The fraction of sp³-hybridized carbons (Fsp3) is 0.120. The van der Waals surface area contributed by atoms with Gasteiger partial charge < -0.3 is 19.4 Å². The molecule has 1 saturated heterocycles. The van der Waals surface area contributed by atoms with Gasteiger partial charge in [-0.15, -0.1) is 0 Å². The van der Waals surface area contributed by atoms with Crippen LogP contribution in [0.15, 0.2) is 76.9 Å². The molecule has 1 aliphatic rings. The molecule has 1 atom stereocenters. The van der Waals surface area contributed by atoms with Crippen LogP contribution in [0.5, 0.6) is 0 Å². The molecule has 1 aliphatic heterocycles. The van der Waals surface area contributed by atoms with Crippen LogP contribution in [-0.4, -0.2) is 31.6 Å². The Morgan fingerprint density at radius 2 is 1.94 bits per heavy atom. The number of nitrogens with zero attached hydrogens (tertiary/aromatic N) is 2. The van der Waals surface area contributed by atoms with Crippen LogP contribution in [0.25, 0.3) is 16.7 Å². The van der Waals surface area contributed by atoms with Crippen molar-refractivity contribution < 1.29 is 24.0 Å². The number of carbonyl (C=O) groups is 2. The largest absolute Gasteiger partial charge is 0.507 e. The molecule has 3 heterocycles. The Labute approximate surface area is 193 Å². The Morgan fingerprint density at radius 1 is 1.15 bits per heavy atom. The summed E-state index contributed by atoms with van der Waals surface area (Å²) in [7, 11) is 0. The third-order valence-electron chi connectivity index (χ3n) is 5.99. The van der Waals surface area contributed by atoms with Crippen LogP contribution >= 0.6 is 0 Å². The minimum atomic E-state index is -0.930. The van der Waals surface area contributed by atoms with Gasteiger partial charge in [-0.05, 0) is 25.1 Å². The van der Waals surface area contributed by atoms with E-state index in [1.165, 1.54) is 35.4 Å². The number of H-pyrrole nitrogens is 1. The smallest absolute Gasteiger partial charge is 0.296 e. The lowest BCUT2D eigenvalue weighted by Crippen LogP contribution is -2.29. The number of nitrogens with one attached hydrogen (secondary N) is 1. The van der Waals surface area contributed by atoms with E-state index in [1.54, 1.807) is 12.1 Å². The van der Waals surface area contributed by atoms with Crippen molar-refractivity contribution in [1.82, 2.24) is 9.88 Å². The van der Waals surface area contributed by atoms with Crippen LogP contribution in [0.1, 0.15) is 28.6 Å². The number of amides is 1. The molecule has 0 radical (unpaired) electrons. The number of aromatic nitrogens is 1. The van der Waals surface area contributed by atoms with Crippen molar-refractivity contribution in [3.8, 4) is 0 Å². The third-order valence-corrected chi connectivity index (χ3v) is 5.99. The number of likely N-dealkylation sites (tertiary alicyclic amines) is 1. The van der Waals surface area contributed by atoms with Crippen molar-refractivity contribution in [3.63, 3.8) is 0 Å². The van der Waals surface area contributed by atoms with E-state index in [0.717, 1.165) is 16.6 Å². The molecule has 170 valence electrons. The maximum Gasteiger partial charge on any atom is 0.296 e. The minimum absolute atomic E-state index is 0.00685. The number of fused-ring (bicyclic) bond motifs is 1. The number of nitro groups is 1. The lowest BCUT2D eigenvalue weighted by Gasteiger charge is -2.25. The zero-order chi connectivity index (χ0) is 24.0. The molecule has 1 unspecified atom stereocenters. The van der Waals surface area contributed by atoms with Gasteiger partial charge in [0.2, 0.25) is 0 Å². The maximum atomic E-state index is 13.2. The predicted molar refractivity (Wildman–Crippen MR) is 123 cm³/mol. The lowest BCUT2D eigenvalue weighted by atomic mass is 9.93. The van der Waals surface area contributed by atoms with E-state index >= 15 is 0 Å². The number of aliphatic hydroxyl groups excluding tert-OH is 1. The van der Waals surface area contributed by atoms with Crippen LogP contribution in [0.3, 0.4) is 0 Å². The molecule has 9 nitrogen and oxygen atoms in total. The number of rotatable bonds is 5. The number of ketones is 1. The van der Waals surface area contributed by atoms with Gasteiger partial charge >= 0.3 is 0 Å². The molecule has 0 aliphatic carbocycles. The maximum absolute atomic E-state index is 13.2. The monoisotopic (exact) mass is 457 g/mol. The average Bonchev–Trinajstić information content (AvgIpc) is 3.52. The normalized spacial score (nSPS) is 17.6. The van der Waals surface area contributed by atoms with E-state index in [1.807, 2.05) is 31.2 Å². The summed E-state index contributed by atoms with van der Waals surface area (Å²) in [6.07, 6.45) is 1.47. The Morgan fingerprint density at radius 3 is 2.68 bits per heavy atom. The molecule has 0 bridgehead atoms. The van der Waals surface area contributed by atoms with E-state index in [0.29, 0.717) is 11.3 Å². The highest BCUT2D eigenvalue weighted by Crippen LogP contribution is 2.44. The number of non-ortho nitro benzene ring substituents is 1. The molecule has 34 heavy (non-hydrogen) atoms. The van der Waals surface area contributed by atoms with Gasteiger partial charge in [-0.3, -0.25) is 19.7 Å². The highest BCUT2D eigenvalue weighted by atomic mass is 16.6. The van der Waals surface area contributed by atoms with E-state index in [-0.39, 0.29) is 23.4 Å². The highest BCUT2D eigenvalue weighted by molar-refractivity contribution is 6.46. The molecule has 1 amide bonds. The molecule has 9 heteroatoms. The quantitative estimate of drug-likeness (QED) is 0.148. The molecular weight excluding hydrogens is 438 g/mol. The van der Waals surface area contributed by atoms with E-state index < -0.39 is 28.4 Å². The molecule has 2 aromatic carbocycles. The molecule has 4 aromatic rings. The van der Waals surface area contributed by atoms with Gasteiger partial charge in [0.25, 0.3) is 17.4 Å². The molecule has 2 N–H and O–H groups in total. The van der Waals surface area contributed by atoms with Crippen LogP contribution in [0.4, 0.5) is 5.69 Å². The first kappa shape index (κ1) is 21.2. The van der Waals surface area contributed by atoms with Crippen LogP contribution in [0.2, 0.25) is 0 Å². The van der Waals surface area contributed by atoms with Crippen molar-refractivity contribution in [2.24, 2.45) is 0 Å². The van der Waals surface area contributed by atoms with Crippen LogP contribution in [-0.2, 0) is 16.1 Å². The van der Waals surface area contributed by atoms with Gasteiger partial charge in [0, 0.05) is 39.9 Å². The first-order valence-corrected chi connectivity index (χ1v) is 10.5. The van der Waals surface area contributed by atoms with Gasteiger partial charge in [0.15, 0.2) is 0 Å². The van der Waals surface area contributed by atoms with Gasteiger partial charge in [0.05, 0.1) is 29.3 Å². The summed E-state index contributed by atoms with van der Waals surface area (Å²) in [5, 5.41) is 23.3. The SMILES string of the molecule is Cc1[nH]c2ccccc2c1C1/C(=C(\O)c2cccc([N+](=O)[O-])c2)C(=O)C(=O)N1Cc1ccco1. The van der Waals surface area contributed by atoms with Gasteiger partial charge in [-0.2, -0.15) is 0 Å². The number of carbonyl (C=O) groups excluding carboxylic acids is 2. The number of aryl methyl sites for hydroxylation is 1. The second-order valence-electron chi connectivity index (χ2n) is 8.02. The molecule has 0 saturated carbocycles. The second kappa shape index (κ2) is 8.04. The number of nitro benzene ring substituents is 1. The number of hydrogen-bond donors (Lipinski definition) is 2. The average molecular weight is 457 g/mol. The zero-order valence-corrected chi connectivity index (χ0v) is 18.0. The fourth-order valence-corrected chi connectivity index (χ4v) is 4.49. The standard InChI is InChI=1S/C25H19N3O6/c1-14-20(18-9-2-3-10-19(18)26-14)22-21(23(29)15-6-4-7-16(12-15)28(32)33)24(30)25(31)27(22)13-17-8-5-11-34-17/h2-12,22,26,29H,13H2,1H3/b23-21+. The van der Waals surface area contributed by atoms with Crippen molar-refractivity contribution >= 4 is 34.0 Å². The Balaban J connectivity index is 1.75. The first-order valence-electron chi connectivity index (χ1n) is 10.5. The topological polar surface area (TPSA) is 130 Å². The predicted octanol–water partition coefficient (Wildman–Crippen LogP) is 4.60. The second-order valence-corrected chi connectivity index (χ2v) is 8.02. The van der Waals surface area contributed by atoms with Crippen LogP contribution < -0.4 is 0 Å². The van der Waals surface area contributed by atoms with E-state index in [9.17, 15) is 24.8 Å². The number of benzene rings is 2. The molecular formula is C25H19N3O6. The van der Waals surface area contributed by atoms with Crippen LogP contribution in [0, 0.1) is 17.0 Å². The third kappa shape index (κ3) is 3.34. The lowest BCUT2D eigenvalue weighted by molar-refractivity contribution is -0.384. The number of para-hydroxylation sites is 1. The molecule has 2 aromatic heterocycles. The summed E-state index contributed by atoms with van der Waals surface area (Å²) in [4.78, 5) is 41.7. The van der Waals surface area contributed by atoms with Gasteiger partial charge in [0.1, 0.15) is 11.5 Å². The number of hydrogen-bond acceptors (Lipinski definition) is 6. The summed E-state index contributed by atoms with van der Waals surface area (Å²) in [5.41, 5.74) is 1.90. The van der Waals surface area contributed by atoms with Crippen molar-refractivity contribution in [3.05, 3.63) is 105 Å². The van der Waals surface area contributed by atoms with E-state index in [2.05, 4.69) is 4.98 Å². The number of aromatic amines is 1. The van der Waals surface area contributed by atoms with Crippen molar-refractivity contribution in [2.45, 2.75) is 19.5 Å². The molecule has 5 rings (SSSR count). The summed E-state index contributed by atoms with van der Waals surface area (Å²) >= 11 is 0. The van der Waals surface area contributed by atoms with Gasteiger partial charge in [-0.1, -0.05) is 30.3 Å².